The van der Waals surface area contributed by atoms with Gasteiger partial charge in [-0.15, -0.1) is 0 Å². The Morgan fingerprint density at radius 2 is 2.05 bits per heavy atom. The number of carbonyl (C=O) groups is 1. The fourth-order valence-electron chi connectivity index (χ4n) is 5.48. The molecule has 1 atom stereocenters. The van der Waals surface area contributed by atoms with Gasteiger partial charge < -0.3 is 19.8 Å². The summed E-state index contributed by atoms with van der Waals surface area (Å²) in [6, 6.07) is 13.5. The smallest absolute Gasteiger partial charge is 0.347 e. The van der Waals surface area contributed by atoms with Crippen LogP contribution in [0.25, 0.3) is 33.1 Å². The van der Waals surface area contributed by atoms with Crippen LogP contribution in [-0.4, -0.2) is 45.2 Å². The Morgan fingerprint density at radius 1 is 1.17 bits per heavy atom. The van der Waals surface area contributed by atoms with Crippen LogP contribution >= 0.6 is 0 Å². The van der Waals surface area contributed by atoms with Gasteiger partial charge in [0.15, 0.2) is 5.78 Å². The maximum absolute atomic E-state index is 12.9. The first-order valence-electron chi connectivity index (χ1n) is 13.9. The minimum absolute atomic E-state index is 0.0337. The van der Waals surface area contributed by atoms with Gasteiger partial charge in [0, 0.05) is 65.7 Å². The number of aryl methyl sites for hydroxylation is 2. The summed E-state index contributed by atoms with van der Waals surface area (Å²) in [5, 5.41) is 13.0. The van der Waals surface area contributed by atoms with Gasteiger partial charge in [-0.3, -0.25) is 9.48 Å². The summed E-state index contributed by atoms with van der Waals surface area (Å²) >= 11 is 0. The molecule has 1 aliphatic rings. The first-order chi connectivity index (χ1) is 19.9. The molecule has 0 aliphatic carbocycles. The van der Waals surface area contributed by atoms with Gasteiger partial charge in [-0.05, 0) is 50.1 Å². The second kappa shape index (κ2) is 11.2. The van der Waals surface area contributed by atoms with Gasteiger partial charge >= 0.3 is 5.63 Å². The van der Waals surface area contributed by atoms with Crippen molar-refractivity contribution in [2.24, 2.45) is 7.05 Å². The van der Waals surface area contributed by atoms with Crippen molar-refractivity contribution in [3.05, 3.63) is 75.9 Å². The Morgan fingerprint density at radius 3 is 2.83 bits per heavy atom. The minimum Gasteiger partial charge on any atom is -0.422 e. The Bertz CT molecular complexity index is 1820. The summed E-state index contributed by atoms with van der Waals surface area (Å²) in [5.41, 5.74) is 4.85. The molecule has 3 aromatic heterocycles. The van der Waals surface area contributed by atoms with E-state index in [2.05, 4.69) is 33.7 Å². The SMILES string of the molecule is CCCCc1c2cc(-c3ccnc(Nc4ccc5c(C6CNCCO6)c(C(C)=O)c(=O)oc5c4)n3)ccc2nn1C. The zero-order chi connectivity index (χ0) is 28.5. The van der Waals surface area contributed by atoms with Crippen LogP contribution in [0.15, 0.2) is 57.9 Å². The lowest BCUT2D eigenvalue weighted by Crippen LogP contribution is -2.35. The number of benzene rings is 2. The second-order valence-electron chi connectivity index (χ2n) is 10.3. The van der Waals surface area contributed by atoms with Crippen LogP contribution < -0.4 is 16.3 Å². The predicted octanol–water partition coefficient (Wildman–Crippen LogP) is 5.09. The molecule has 1 fully saturated rings. The number of nitrogens with one attached hydrogen (secondary N) is 2. The fourth-order valence-corrected chi connectivity index (χ4v) is 5.48. The number of morpholine rings is 1. The molecule has 0 spiro atoms. The second-order valence-corrected chi connectivity index (χ2v) is 10.3. The summed E-state index contributed by atoms with van der Waals surface area (Å²) < 4.78 is 13.5. The monoisotopic (exact) mass is 552 g/mol. The quantitative estimate of drug-likeness (QED) is 0.200. The number of unbranched alkanes of at least 4 members (excludes halogenated alkanes) is 1. The van der Waals surface area contributed by atoms with Gasteiger partial charge in [-0.2, -0.15) is 5.10 Å². The summed E-state index contributed by atoms with van der Waals surface area (Å²) in [4.78, 5) is 34.4. The largest absolute Gasteiger partial charge is 0.422 e. The highest BCUT2D eigenvalue weighted by Crippen LogP contribution is 2.32. The number of hydrogen-bond donors (Lipinski definition) is 2. The van der Waals surface area contributed by atoms with Crippen molar-refractivity contribution in [3.8, 4) is 11.3 Å². The lowest BCUT2D eigenvalue weighted by Gasteiger charge is -2.26. The van der Waals surface area contributed by atoms with E-state index in [4.69, 9.17) is 14.1 Å². The van der Waals surface area contributed by atoms with E-state index >= 15 is 0 Å². The molecule has 0 amide bonds. The van der Waals surface area contributed by atoms with E-state index < -0.39 is 11.7 Å². The molecule has 41 heavy (non-hydrogen) atoms. The first-order valence-corrected chi connectivity index (χ1v) is 13.9. The zero-order valence-corrected chi connectivity index (χ0v) is 23.4. The van der Waals surface area contributed by atoms with E-state index in [1.54, 1.807) is 12.3 Å². The molecule has 4 heterocycles. The third-order valence-electron chi connectivity index (χ3n) is 7.48. The summed E-state index contributed by atoms with van der Waals surface area (Å²) in [5.74, 6) is 0.0567. The number of anilines is 2. The average Bonchev–Trinajstić information content (AvgIpc) is 3.29. The molecular formula is C31H32N6O4. The third-order valence-corrected chi connectivity index (χ3v) is 7.48. The zero-order valence-electron chi connectivity index (χ0n) is 23.4. The molecule has 10 heteroatoms. The number of hydrogen-bond acceptors (Lipinski definition) is 9. The number of carbonyl (C=O) groups excluding carboxylic acids is 1. The van der Waals surface area contributed by atoms with Crippen molar-refractivity contribution >= 4 is 39.3 Å². The predicted molar refractivity (Wildman–Crippen MR) is 158 cm³/mol. The molecule has 1 unspecified atom stereocenters. The summed E-state index contributed by atoms with van der Waals surface area (Å²) in [6.07, 6.45) is 4.49. The Kier molecular flexibility index (Phi) is 7.34. The number of ether oxygens (including phenoxy) is 1. The van der Waals surface area contributed by atoms with Crippen molar-refractivity contribution in [1.29, 1.82) is 0 Å². The third kappa shape index (κ3) is 5.23. The van der Waals surface area contributed by atoms with Crippen LogP contribution in [0.4, 0.5) is 11.6 Å². The van der Waals surface area contributed by atoms with Gasteiger partial charge in [0.25, 0.3) is 0 Å². The Labute approximate surface area is 236 Å². The van der Waals surface area contributed by atoms with E-state index in [0.29, 0.717) is 47.9 Å². The molecule has 1 saturated heterocycles. The van der Waals surface area contributed by atoms with E-state index in [1.807, 2.05) is 42.1 Å². The van der Waals surface area contributed by atoms with E-state index in [-0.39, 0.29) is 11.3 Å². The van der Waals surface area contributed by atoms with Gasteiger partial charge in [0.05, 0.1) is 23.9 Å². The van der Waals surface area contributed by atoms with Crippen molar-refractivity contribution in [3.63, 3.8) is 0 Å². The maximum Gasteiger partial charge on any atom is 0.347 e. The highest BCUT2D eigenvalue weighted by Gasteiger charge is 2.27. The molecule has 0 radical (unpaired) electrons. The molecule has 5 aromatic rings. The lowest BCUT2D eigenvalue weighted by atomic mass is 9.96. The summed E-state index contributed by atoms with van der Waals surface area (Å²) in [6.45, 7) is 5.27. The number of fused-ring (bicyclic) bond motifs is 2. The Hall–Kier alpha value is -4.41. The number of nitrogens with zero attached hydrogens (tertiary/aromatic N) is 4. The highest BCUT2D eigenvalue weighted by molar-refractivity contribution is 6.00. The number of rotatable bonds is 8. The normalized spacial score (nSPS) is 15.4. The molecule has 2 aromatic carbocycles. The highest BCUT2D eigenvalue weighted by atomic mass is 16.5. The molecular weight excluding hydrogens is 520 g/mol. The topological polar surface area (TPSA) is 124 Å². The Balaban J connectivity index is 1.33. The van der Waals surface area contributed by atoms with E-state index in [9.17, 15) is 9.59 Å². The van der Waals surface area contributed by atoms with Crippen molar-refractivity contribution in [2.75, 3.05) is 25.0 Å². The van der Waals surface area contributed by atoms with Gasteiger partial charge in [0.2, 0.25) is 5.95 Å². The molecule has 0 bridgehead atoms. The maximum atomic E-state index is 12.9. The standard InChI is InChI=1S/C31H32N6O4/c1-4-5-6-25-22-15-19(7-10-24(22)36-37(25)3)23-11-12-33-31(35-23)34-20-8-9-21-26(16-20)41-30(39)28(18(2)38)29(21)27-17-32-13-14-40-27/h7-12,15-16,27,32H,4-6,13-14,17H2,1-3H3,(H,33,34,35). The van der Waals surface area contributed by atoms with Crippen LogP contribution in [0, 0.1) is 0 Å². The average molecular weight is 553 g/mol. The van der Waals surface area contributed by atoms with Crippen LogP contribution in [0.1, 0.15) is 54.4 Å². The number of ketones is 1. The van der Waals surface area contributed by atoms with E-state index in [1.165, 1.54) is 12.6 Å². The molecule has 0 saturated carbocycles. The molecule has 1 aliphatic heterocycles. The van der Waals surface area contributed by atoms with Crippen molar-refractivity contribution < 1.29 is 13.9 Å². The van der Waals surface area contributed by atoms with Crippen molar-refractivity contribution in [1.82, 2.24) is 25.1 Å². The van der Waals surface area contributed by atoms with Crippen LogP contribution in [0.3, 0.4) is 0 Å². The van der Waals surface area contributed by atoms with Gasteiger partial charge in [0.1, 0.15) is 11.1 Å². The van der Waals surface area contributed by atoms with E-state index in [0.717, 1.165) is 41.4 Å². The number of Topliss-reactive ketones (excluding diaryl/α,β-unsaturated/α-hetero) is 1. The van der Waals surface area contributed by atoms with Crippen molar-refractivity contribution in [2.45, 2.75) is 39.2 Å². The molecule has 2 N–H and O–H groups in total. The van der Waals surface area contributed by atoms with Crippen LogP contribution in [0.5, 0.6) is 0 Å². The summed E-state index contributed by atoms with van der Waals surface area (Å²) in [7, 11) is 1.99. The first kappa shape index (κ1) is 26.8. The molecule has 6 rings (SSSR count). The molecule has 210 valence electrons. The number of aromatic nitrogens is 4. The van der Waals surface area contributed by atoms with Crippen LogP contribution in [-0.2, 0) is 18.2 Å². The minimum atomic E-state index is -0.673. The van der Waals surface area contributed by atoms with Gasteiger partial charge in [-0.25, -0.2) is 14.8 Å². The fraction of sp³-hybridized carbons (Fsp3) is 0.323. The molecule has 10 nitrogen and oxygen atoms in total. The van der Waals surface area contributed by atoms with Gasteiger partial charge in [-0.1, -0.05) is 19.4 Å². The lowest BCUT2D eigenvalue weighted by molar-refractivity contribution is 0.0277. The van der Waals surface area contributed by atoms with Crippen LogP contribution in [0.2, 0.25) is 0 Å².